The van der Waals surface area contributed by atoms with E-state index in [1.165, 1.54) is 65.7 Å². The molecule has 0 aromatic heterocycles. The molecule has 5 aromatic rings. The molecule has 5 aromatic carbocycles. The Morgan fingerprint density at radius 2 is 1.02 bits per heavy atom. The molecule has 7 rings (SSSR count). The highest BCUT2D eigenvalue weighted by molar-refractivity contribution is 14.0. The number of benzene rings is 5. The molecule has 50 heavy (non-hydrogen) atoms. The second-order valence-corrected chi connectivity index (χ2v) is 11.9. The van der Waals surface area contributed by atoms with E-state index in [1.807, 2.05) is 32.9 Å². The zero-order chi connectivity index (χ0) is 37.4. The highest BCUT2D eigenvalue weighted by Crippen LogP contribution is 2.32. The van der Waals surface area contributed by atoms with Gasteiger partial charge in [0.15, 0.2) is 5.78 Å². The quantitative estimate of drug-likeness (QED) is 0.101. The first kappa shape index (κ1) is 36.1. The number of amides is 4. The molecular weight excluding hydrogens is 739 g/mol. The second kappa shape index (κ2) is 16.0. The van der Waals surface area contributed by atoms with Crippen LogP contribution in [0, 0.1) is 20.8 Å². The number of nitrogens with zero attached hydrogens (tertiary/aromatic N) is 2. The number of ketones is 1. The number of carbonyl (C=O) groups is 5. The van der Waals surface area contributed by atoms with Crippen LogP contribution in [0.2, 0.25) is 0 Å². The first-order valence-electron chi connectivity index (χ1n) is 17.2. The van der Waals surface area contributed by atoms with E-state index in [-0.39, 0.29) is 57.4 Å². The van der Waals surface area contributed by atoms with E-state index in [9.17, 15) is 24.0 Å². The highest BCUT2D eigenvalue weighted by atomic mass is 127. The van der Waals surface area contributed by atoms with Crippen molar-refractivity contribution >= 4 is 59.1 Å². The average Bonchev–Trinajstić information content (AvgIpc) is 3.54. The van der Waals surface area contributed by atoms with Crippen LogP contribution in [0.15, 0.2) is 109 Å². The molecule has 2 aliphatic rings. The molecule has 8 heteroatoms. The van der Waals surface area contributed by atoms with Gasteiger partial charge in [-0.25, -0.2) is 4.90 Å². The number of fused-ring (bicyclic) bond motifs is 2. The lowest BCUT2D eigenvalue weighted by Gasteiger charge is -2.16. The number of anilines is 1. The first-order valence-corrected chi connectivity index (χ1v) is 16.2. The fourth-order valence-corrected chi connectivity index (χ4v) is 5.73. The maximum absolute atomic E-state index is 13.1. The van der Waals surface area contributed by atoms with Gasteiger partial charge in [-0.2, -0.15) is 0 Å². The van der Waals surface area contributed by atoms with Crippen LogP contribution < -0.4 is 4.90 Å². The summed E-state index contributed by atoms with van der Waals surface area (Å²) < 4.78 is 10.0. The number of hydrogen-bond donors (Lipinski definition) is 0. The molecule has 0 aliphatic carbocycles. The molecule has 0 bridgehead atoms. The fraction of sp³-hybridized carbons (Fsp3) is 0.167. The lowest BCUT2D eigenvalue weighted by atomic mass is 9.96. The smallest absolute Gasteiger partial charge is 0.266 e. The third kappa shape index (κ3) is 7.50. The van der Waals surface area contributed by atoms with Crippen molar-refractivity contribution in [2.24, 2.45) is 0 Å². The maximum Gasteiger partial charge on any atom is 0.266 e. The zero-order valence-corrected chi connectivity index (χ0v) is 31.3. The average molecular weight is 784 g/mol. The van der Waals surface area contributed by atoms with Crippen molar-refractivity contribution in [1.82, 2.24) is 4.90 Å². The van der Waals surface area contributed by atoms with Gasteiger partial charge in [-0.05, 0) is 74.2 Å². The normalized spacial score (nSPS) is 12.8. The lowest BCUT2D eigenvalue weighted by Crippen LogP contribution is -2.29. The van der Waals surface area contributed by atoms with Gasteiger partial charge < -0.3 is 0 Å². The molecule has 0 saturated heterocycles. The first-order chi connectivity index (χ1) is 24.5. The number of rotatable bonds is 5. The van der Waals surface area contributed by atoms with Crippen molar-refractivity contribution in [2.75, 3.05) is 11.9 Å². The van der Waals surface area contributed by atoms with Crippen LogP contribution in [0.1, 0.15) is 102 Å². The van der Waals surface area contributed by atoms with E-state index in [2.05, 4.69) is 62.4 Å². The Balaban J connectivity index is 0.000000307. The molecular formula is C42H41IN2O5. The Bertz CT molecular complexity index is 2070. The minimum atomic E-state index is -0.495. The van der Waals surface area contributed by atoms with Gasteiger partial charge in [0.2, 0.25) is 0 Å². The van der Waals surface area contributed by atoms with Crippen LogP contribution in [-0.4, -0.2) is 41.4 Å². The van der Waals surface area contributed by atoms with Crippen LogP contribution in [0.4, 0.5) is 5.69 Å². The molecule has 0 saturated carbocycles. The molecule has 0 spiro atoms. The number of halogens is 1. The van der Waals surface area contributed by atoms with Gasteiger partial charge in [0, 0.05) is 21.1 Å². The second-order valence-electron chi connectivity index (χ2n) is 11.9. The van der Waals surface area contributed by atoms with E-state index in [4.69, 9.17) is 2.97 Å². The Morgan fingerprint density at radius 1 is 0.600 bits per heavy atom. The van der Waals surface area contributed by atoms with Crippen LogP contribution in [-0.2, 0) is 6.42 Å². The largest absolute Gasteiger partial charge is 0.289 e. The van der Waals surface area contributed by atoms with Crippen LogP contribution in [0.25, 0.3) is 0 Å². The maximum atomic E-state index is 13.1. The zero-order valence-electron chi connectivity index (χ0n) is 30.9. The molecule has 7 nitrogen and oxygen atoms in total. The molecule has 2 heterocycles. The van der Waals surface area contributed by atoms with Crippen molar-refractivity contribution in [2.45, 2.75) is 41.0 Å². The molecule has 256 valence electrons. The van der Waals surface area contributed by atoms with Crippen LogP contribution >= 0.6 is 24.0 Å². The molecule has 2 aliphatic heterocycles. The van der Waals surface area contributed by atoms with Crippen molar-refractivity contribution in [3.8, 4) is 0 Å². The summed E-state index contributed by atoms with van der Waals surface area (Å²) in [7, 11) is 1.38. The monoisotopic (exact) mass is 783 g/mol. The van der Waals surface area contributed by atoms with Crippen molar-refractivity contribution in [3.05, 3.63) is 170 Å². The summed E-state index contributed by atoms with van der Waals surface area (Å²) in [6, 6.07) is 33.3. The summed E-state index contributed by atoms with van der Waals surface area (Å²) in [5.74, 6) is -2.24. The lowest BCUT2D eigenvalue weighted by molar-refractivity contribution is 0.0692. The SMILES string of the molecule is CC.Cc1ccc(Cc2ccc(C)cc2)cc1.Cc1ccccc1N1C(=O)c2ccc(C(=O)c3ccc4c(c3)C(=O)N(C)C4=O)cc2C1=O.I.[2H][3H]. The van der Waals surface area contributed by atoms with Gasteiger partial charge in [-0.3, -0.25) is 28.9 Å². The van der Waals surface area contributed by atoms with E-state index in [1.54, 1.807) is 12.1 Å². The van der Waals surface area contributed by atoms with E-state index >= 15 is 0 Å². The Hall–Kier alpha value is -5.22. The van der Waals surface area contributed by atoms with Crippen molar-refractivity contribution < 1.29 is 26.9 Å². The summed E-state index contributed by atoms with van der Waals surface area (Å²) in [6.45, 7) is 10.1. The summed E-state index contributed by atoms with van der Waals surface area (Å²) in [5, 5.41) is 0. The van der Waals surface area contributed by atoms with Crippen LogP contribution in [0.5, 0.6) is 0 Å². The third-order valence-electron chi connectivity index (χ3n) is 8.51. The number of aryl methyl sites for hydroxylation is 3. The Kier molecular flexibility index (Phi) is 11.5. The van der Waals surface area contributed by atoms with Crippen molar-refractivity contribution in [3.63, 3.8) is 0 Å². The number of para-hydroxylation sites is 1. The van der Waals surface area contributed by atoms with Gasteiger partial charge in [-0.1, -0.05) is 104 Å². The predicted molar refractivity (Wildman–Crippen MR) is 209 cm³/mol. The van der Waals surface area contributed by atoms with E-state index < -0.39 is 29.4 Å². The molecule has 4 amide bonds. The standard InChI is InChI=1S/C25H16N2O5.C15H16.C2H6.HI.H2/c1-13-5-3-4-6-20(13)27-24(31)17-10-8-15(12-19(17)25(27)32)21(28)14-7-9-16-18(11-14)23(30)26(2)22(16)29;1-12-3-7-14(8-4-12)11-15-9-5-13(2)6-10-15;1-2;;/h3-12H,1-2H3;3-10H,11H2,1-2H3;1-2H3;2*1H/i;;;;1+2D. The summed E-state index contributed by atoms with van der Waals surface area (Å²) in [5.41, 5.74) is 7.90. The topological polar surface area (TPSA) is 91.8 Å². The van der Waals surface area contributed by atoms with Gasteiger partial charge in [0.1, 0.15) is 0 Å². The molecule has 0 fully saturated rings. The minimum absolute atomic E-state index is 0. The van der Waals surface area contributed by atoms with Gasteiger partial charge >= 0.3 is 0 Å². The summed E-state index contributed by atoms with van der Waals surface area (Å²) >= 11 is 0. The minimum Gasteiger partial charge on any atom is -0.289 e. The summed E-state index contributed by atoms with van der Waals surface area (Å²) in [6.07, 6.45) is 1.03. The van der Waals surface area contributed by atoms with E-state index in [0.29, 0.717) is 5.69 Å². The molecule has 0 unspecified atom stereocenters. The number of hydrogen-bond acceptors (Lipinski definition) is 5. The van der Waals surface area contributed by atoms with Crippen LogP contribution in [0.3, 0.4) is 0 Å². The summed E-state index contributed by atoms with van der Waals surface area (Å²) in [4.78, 5) is 65.5. The number of imide groups is 2. The Labute approximate surface area is 313 Å². The van der Waals surface area contributed by atoms with E-state index in [0.717, 1.165) is 21.8 Å². The van der Waals surface area contributed by atoms with Gasteiger partial charge in [-0.15, -0.1) is 24.0 Å². The Morgan fingerprint density at radius 3 is 1.52 bits per heavy atom. The fourth-order valence-electron chi connectivity index (χ4n) is 5.73. The van der Waals surface area contributed by atoms with Gasteiger partial charge in [0.25, 0.3) is 23.6 Å². The predicted octanol–water partition coefficient (Wildman–Crippen LogP) is 9.04. The number of carbonyl (C=O) groups excluding carboxylic acids is 5. The van der Waals surface area contributed by atoms with Gasteiger partial charge in [0.05, 0.1) is 27.9 Å². The molecule has 0 atom stereocenters. The molecule has 0 radical (unpaired) electrons. The van der Waals surface area contributed by atoms with Crippen molar-refractivity contribution in [1.29, 1.82) is 0 Å². The highest BCUT2D eigenvalue weighted by Gasteiger charge is 2.38. The molecule has 0 N–H and O–H groups in total. The third-order valence-corrected chi connectivity index (χ3v) is 8.51.